The number of carboxylic acids is 1. The lowest BCUT2D eigenvalue weighted by molar-refractivity contribution is -0.137. The van der Waals surface area contributed by atoms with Gasteiger partial charge in [0.25, 0.3) is 5.91 Å². The summed E-state index contributed by atoms with van der Waals surface area (Å²) in [6, 6.07) is 1.81. The molecule has 5 nitrogen and oxygen atoms in total. The van der Waals surface area contributed by atoms with Crippen LogP contribution >= 0.6 is 0 Å². The fourth-order valence-corrected chi connectivity index (χ4v) is 1.82. The Bertz CT molecular complexity index is 423. The van der Waals surface area contributed by atoms with Crippen LogP contribution in [0.25, 0.3) is 0 Å². The van der Waals surface area contributed by atoms with Gasteiger partial charge in [0.15, 0.2) is 5.76 Å². The molecule has 1 heterocycles. The minimum absolute atomic E-state index is 0.184. The van der Waals surface area contributed by atoms with Crippen molar-refractivity contribution in [2.45, 2.75) is 45.4 Å². The molecular formula is C14H21NO4. The molecule has 0 fully saturated rings. The van der Waals surface area contributed by atoms with Gasteiger partial charge in [-0.05, 0) is 24.8 Å². The fourth-order valence-electron chi connectivity index (χ4n) is 1.82. The maximum Gasteiger partial charge on any atom is 0.303 e. The Labute approximate surface area is 113 Å². The van der Waals surface area contributed by atoms with Crippen molar-refractivity contribution < 1.29 is 19.1 Å². The highest BCUT2D eigenvalue weighted by Gasteiger charge is 2.16. The number of carboxylic acid groups (broad SMARTS) is 1. The van der Waals surface area contributed by atoms with Crippen molar-refractivity contribution in [2.24, 2.45) is 0 Å². The van der Waals surface area contributed by atoms with Crippen molar-refractivity contribution in [3.05, 3.63) is 23.7 Å². The van der Waals surface area contributed by atoms with E-state index in [0.717, 1.165) is 18.4 Å². The van der Waals surface area contributed by atoms with Gasteiger partial charge < -0.3 is 14.8 Å². The topological polar surface area (TPSA) is 79.5 Å². The molecule has 0 atom stereocenters. The van der Waals surface area contributed by atoms with Gasteiger partial charge in [0, 0.05) is 18.5 Å². The maximum absolute atomic E-state index is 11.9. The highest BCUT2D eigenvalue weighted by Crippen LogP contribution is 2.20. The Hall–Kier alpha value is -1.78. The first-order chi connectivity index (χ1) is 9.02. The lowest BCUT2D eigenvalue weighted by Gasteiger charge is -2.06. The molecule has 0 aromatic carbocycles. The van der Waals surface area contributed by atoms with E-state index in [1.807, 2.05) is 19.9 Å². The average Bonchev–Trinajstić information content (AvgIpc) is 2.82. The molecule has 0 saturated heterocycles. The van der Waals surface area contributed by atoms with E-state index in [1.54, 1.807) is 0 Å². The van der Waals surface area contributed by atoms with Crippen molar-refractivity contribution in [1.82, 2.24) is 5.32 Å². The predicted molar refractivity (Wildman–Crippen MR) is 71.2 cm³/mol. The van der Waals surface area contributed by atoms with E-state index >= 15 is 0 Å². The summed E-state index contributed by atoms with van der Waals surface area (Å²) in [6.07, 6.45) is 3.92. The van der Waals surface area contributed by atoms with Crippen LogP contribution in [0.1, 0.15) is 61.6 Å². The van der Waals surface area contributed by atoms with Crippen LogP contribution < -0.4 is 5.32 Å². The molecule has 2 N–H and O–H groups in total. The van der Waals surface area contributed by atoms with Crippen LogP contribution in [0.2, 0.25) is 0 Å². The Morgan fingerprint density at radius 3 is 2.68 bits per heavy atom. The van der Waals surface area contributed by atoms with Gasteiger partial charge in [-0.2, -0.15) is 0 Å². The molecule has 1 aromatic rings. The summed E-state index contributed by atoms with van der Waals surface area (Å²) in [5.41, 5.74) is 0.906. The number of nitrogens with one attached hydrogen (secondary N) is 1. The van der Waals surface area contributed by atoms with Crippen molar-refractivity contribution in [1.29, 1.82) is 0 Å². The SMILES string of the molecule is CC(C)c1ccoc1C(=O)NCCCCCC(=O)O. The lowest BCUT2D eigenvalue weighted by atomic mass is 10.0. The van der Waals surface area contributed by atoms with E-state index in [1.165, 1.54) is 6.26 Å². The van der Waals surface area contributed by atoms with Gasteiger partial charge in [0.05, 0.1) is 6.26 Å². The minimum atomic E-state index is -0.777. The molecule has 0 unspecified atom stereocenters. The van der Waals surface area contributed by atoms with Crippen LogP contribution in [0.5, 0.6) is 0 Å². The largest absolute Gasteiger partial charge is 0.481 e. The van der Waals surface area contributed by atoms with Crippen molar-refractivity contribution in [3.63, 3.8) is 0 Å². The summed E-state index contributed by atoms with van der Waals surface area (Å²) >= 11 is 0. The molecular weight excluding hydrogens is 246 g/mol. The minimum Gasteiger partial charge on any atom is -0.481 e. The van der Waals surface area contributed by atoms with E-state index in [2.05, 4.69) is 5.32 Å². The van der Waals surface area contributed by atoms with Crippen LogP contribution in [-0.2, 0) is 4.79 Å². The molecule has 1 rings (SSSR count). The van der Waals surface area contributed by atoms with Crippen LogP contribution in [0, 0.1) is 0 Å². The third-order valence-electron chi connectivity index (χ3n) is 2.88. The zero-order chi connectivity index (χ0) is 14.3. The normalized spacial score (nSPS) is 10.7. The van der Waals surface area contributed by atoms with Gasteiger partial charge in [-0.15, -0.1) is 0 Å². The first-order valence-electron chi connectivity index (χ1n) is 6.59. The van der Waals surface area contributed by atoms with Gasteiger partial charge >= 0.3 is 5.97 Å². The molecule has 1 amide bonds. The van der Waals surface area contributed by atoms with E-state index in [9.17, 15) is 9.59 Å². The number of rotatable bonds is 8. The van der Waals surface area contributed by atoms with Gasteiger partial charge in [-0.1, -0.05) is 20.3 Å². The summed E-state index contributed by atoms with van der Waals surface area (Å²) in [5.74, 6) is -0.358. The number of amides is 1. The number of hydrogen-bond acceptors (Lipinski definition) is 3. The van der Waals surface area contributed by atoms with Gasteiger partial charge in [-0.3, -0.25) is 9.59 Å². The number of carbonyl (C=O) groups is 2. The third kappa shape index (κ3) is 5.16. The molecule has 0 aliphatic carbocycles. The molecule has 5 heteroatoms. The Balaban J connectivity index is 2.28. The quantitative estimate of drug-likeness (QED) is 0.710. The van der Waals surface area contributed by atoms with Crippen molar-refractivity contribution in [3.8, 4) is 0 Å². The highest BCUT2D eigenvalue weighted by molar-refractivity contribution is 5.93. The van der Waals surface area contributed by atoms with Gasteiger partial charge in [0.1, 0.15) is 0 Å². The fraction of sp³-hybridized carbons (Fsp3) is 0.571. The zero-order valence-electron chi connectivity index (χ0n) is 11.4. The van der Waals surface area contributed by atoms with E-state index in [4.69, 9.17) is 9.52 Å². The number of carbonyl (C=O) groups excluding carboxylic acids is 1. The Morgan fingerprint density at radius 2 is 2.05 bits per heavy atom. The maximum atomic E-state index is 11.9. The molecule has 0 bridgehead atoms. The first-order valence-corrected chi connectivity index (χ1v) is 6.59. The van der Waals surface area contributed by atoms with Gasteiger partial charge in [0.2, 0.25) is 0 Å². The molecule has 106 valence electrons. The van der Waals surface area contributed by atoms with Crippen LogP contribution in [0.4, 0.5) is 0 Å². The summed E-state index contributed by atoms with van der Waals surface area (Å²) in [4.78, 5) is 22.2. The molecule has 0 aliphatic rings. The predicted octanol–water partition coefficient (Wildman–Crippen LogP) is 2.78. The number of furan rings is 1. The average molecular weight is 267 g/mol. The van der Waals surface area contributed by atoms with Crippen LogP contribution in [0.15, 0.2) is 16.7 Å². The first kappa shape index (κ1) is 15.3. The van der Waals surface area contributed by atoms with E-state index < -0.39 is 5.97 Å². The number of unbranched alkanes of at least 4 members (excludes halogenated alkanes) is 2. The molecule has 0 saturated carbocycles. The second kappa shape index (κ2) is 7.61. The standard InChI is InChI=1S/C14H21NO4/c1-10(2)11-7-9-19-13(11)14(18)15-8-5-3-4-6-12(16)17/h7,9-10H,3-6,8H2,1-2H3,(H,15,18)(H,16,17). The number of hydrogen-bond donors (Lipinski definition) is 2. The molecule has 0 spiro atoms. The molecule has 0 aliphatic heterocycles. The Morgan fingerprint density at radius 1 is 1.32 bits per heavy atom. The Kier molecular flexibility index (Phi) is 6.12. The van der Waals surface area contributed by atoms with E-state index in [-0.39, 0.29) is 18.2 Å². The van der Waals surface area contributed by atoms with Crippen molar-refractivity contribution in [2.75, 3.05) is 6.54 Å². The van der Waals surface area contributed by atoms with Gasteiger partial charge in [-0.25, -0.2) is 0 Å². The summed E-state index contributed by atoms with van der Waals surface area (Å²) < 4.78 is 5.21. The smallest absolute Gasteiger partial charge is 0.303 e. The zero-order valence-corrected chi connectivity index (χ0v) is 11.4. The van der Waals surface area contributed by atoms with Crippen LogP contribution in [0.3, 0.4) is 0 Å². The van der Waals surface area contributed by atoms with E-state index in [0.29, 0.717) is 18.7 Å². The highest BCUT2D eigenvalue weighted by atomic mass is 16.4. The monoisotopic (exact) mass is 267 g/mol. The lowest BCUT2D eigenvalue weighted by Crippen LogP contribution is -2.25. The third-order valence-corrected chi connectivity index (χ3v) is 2.88. The van der Waals surface area contributed by atoms with Crippen molar-refractivity contribution >= 4 is 11.9 Å². The second-order valence-corrected chi connectivity index (χ2v) is 4.82. The molecule has 1 aromatic heterocycles. The molecule has 0 radical (unpaired) electrons. The summed E-state index contributed by atoms with van der Waals surface area (Å²) in [7, 11) is 0. The second-order valence-electron chi connectivity index (χ2n) is 4.82. The summed E-state index contributed by atoms with van der Waals surface area (Å²) in [6.45, 7) is 4.55. The molecule has 19 heavy (non-hydrogen) atoms. The number of aliphatic carboxylic acids is 1. The van der Waals surface area contributed by atoms with Crippen LogP contribution in [-0.4, -0.2) is 23.5 Å². The summed E-state index contributed by atoms with van der Waals surface area (Å²) in [5, 5.41) is 11.3.